The number of carbonyl (C=O) groups excluding carboxylic acids is 1. The number of Topliss-reactive ketones (excluding diaryl/α,β-unsaturated/α-hetero) is 1. The Kier molecular flexibility index (Phi) is 3.62. The Morgan fingerprint density at radius 1 is 1.29 bits per heavy atom. The third-order valence-corrected chi connectivity index (χ3v) is 3.57. The van der Waals surface area contributed by atoms with Crippen molar-refractivity contribution in [2.75, 3.05) is 7.11 Å². The number of hydrogen-bond acceptors (Lipinski definition) is 3. The molecule has 0 aliphatic rings. The molecule has 0 fully saturated rings. The number of nitrogens with zero attached hydrogens (tertiary/aromatic N) is 1. The van der Waals surface area contributed by atoms with Gasteiger partial charge in [0.25, 0.3) is 0 Å². The molecule has 1 heterocycles. The first kappa shape index (κ1) is 13.6. The molecule has 0 amide bonds. The quantitative estimate of drug-likeness (QED) is 0.748. The van der Waals surface area contributed by atoms with Crippen LogP contribution in [0.15, 0.2) is 42.6 Å². The minimum absolute atomic E-state index is 0.0304. The highest BCUT2D eigenvalue weighted by Gasteiger charge is 2.14. The van der Waals surface area contributed by atoms with Gasteiger partial charge in [0, 0.05) is 16.8 Å². The summed E-state index contributed by atoms with van der Waals surface area (Å²) in [5.41, 5.74) is 2.37. The number of aromatic nitrogens is 2. The lowest BCUT2D eigenvalue weighted by Gasteiger charge is -2.08. The van der Waals surface area contributed by atoms with Crippen molar-refractivity contribution in [3.8, 4) is 5.75 Å². The summed E-state index contributed by atoms with van der Waals surface area (Å²) in [4.78, 5) is 12.5. The van der Waals surface area contributed by atoms with Crippen LogP contribution in [0.2, 0.25) is 5.02 Å². The van der Waals surface area contributed by atoms with Gasteiger partial charge in [-0.2, -0.15) is 5.10 Å². The summed E-state index contributed by atoms with van der Waals surface area (Å²) in [5, 5.41) is 8.36. The van der Waals surface area contributed by atoms with Gasteiger partial charge in [-0.1, -0.05) is 17.7 Å². The fraction of sp³-hybridized carbons (Fsp3) is 0.125. The molecule has 0 aliphatic heterocycles. The van der Waals surface area contributed by atoms with Crippen LogP contribution in [-0.2, 0) is 6.42 Å². The van der Waals surface area contributed by atoms with Gasteiger partial charge in [-0.05, 0) is 35.9 Å². The number of rotatable bonds is 4. The van der Waals surface area contributed by atoms with Gasteiger partial charge >= 0.3 is 0 Å². The van der Waals surface area contributed by atoms with E-state index in [4.69, 9.17) is 16.3 Å². The minimum atomic E-state index is -0.0304. The highest BCUT2D eigenvalue weighted by atomic mass is 35.5. The molecular weight excluding hydrogens is 288 g/mol. The Morgan fingerprint density at radius 3 is 2.95 bits per heavy atom. The molecule has 21 heavy (non-hydrogen) atoms. The summed E-state index contributed by atoms with van der Waals surface area (Å²) < 4.78 is 5.22. The number of ether oxygens (including phenoxy) is 1. The highest BCUT2D eigenvalue weighted by Crippen LogP contribution is 2.24. The number of fused-ring (bicyclic) bond motifs is 1. The second-order valence-electron chi connectivity index (χ2n) is 4.74. The third-order valence-electron chi connectivity index (χ3n) is 3.33. The average molecular weight is 301 g/mol. The predicted octanol–water partition coefficient (Wildman–Crippen LogP) is 3.65. The van der Waals surface area contributed by atoms with Crippen LogP contribution in [0.5, 0.6) is 5.75 Å². The zero-order chi connectivity index (χ0) is 14.8. The molecule has 0 atom stereocenters. The van der Waals surface area contributed by atoms with E-state index in [1.165, 1.54) is 7.11 Å². The first-order valence-electron chi connectivity index (χ1n) is 6.46. The molecule has 4 nitrogen and oxygen atoms in total. The smallest absolute Gasteiger partial charge is 0.171 e. The number of benzene rings is 2. The lowest BCUT2D eigenvalue weighted by atomic mass is 10.0. The van der Waals surface area contributed by atoms with E-state index in [-0.39, 0.29) is 12.2 Å². The number of aromatic amines is 1. The Balaban J connectivity index is 1.90. The lowest BCUT2D eigenvalue weighted by Crippen LogP contribution is -2.05. The van der Waals surface area contributed by atoms with Gasteiger partial charge in [-0.25, -0.2) is 0 Å². The van der Waals surface area contributed by atoms with Gasteiger partial charge in [0.05, 0.1) is 24.4 Å². The highest BCUT2D eigenvalue weighted by molar-refractivity contribution is 6.31. The van der Waals surface area contributed by atoms with Crippen LogP contribution in [0.25, 0.3) is 10.9 Å². The van der Waals surface area contributed by atoms with Crippen molar-refractivity contribution < 1.29 is 9.53 Å². The molecule has 0 saturated heterocycles. The van der Waals surface area contributed by atoms with Crippen molar-refractivity contribution in [1.82, 2.24) is 10.2 Å². The summed E-state index contributed by atoms with van der Waals surface area (Å²) in [6.45, 7) is 0. The molecule has 0 unspecified atom stereocenters. The molecule has 3 rings (SSSR count). The molecular formula is C16H13ClN2O2. The minimum Gasteiger partial charge on any atom is -0.496 e. The van der Waals surface area contributed by atoms with E-state index < -0.39 is 0 Å². The topological polar surface area (TPSA) is 55.0 Å². The lowest BCUT2D eigenvalue weighted by molar-refractivity contribution is 0.0990. The molecule has 0 radical (unpaired) electrons. The van der Waals surface area contributed by atoms with Crippen molar-refractivity contribution in [1.29, 1.82) is 0 Å². The van der Waals surface area contributed by atoms with Crippen LogP contribution in [0.4, 0.5) is 0 Å². The monoisotopic (exact) mass is 300 g/mol. The summed E-state index contributed by atoms with van der Waals surface area (Å²) >= 11 is 5.96. The summed E-state index contributed by atoms with van der Waals surface area (Å²) in [6.07, 6.45) is 2.03. The fourth-order valence-corrected chi connectivity index (χ4v) is 2.45. The maximum absolute atomic E-state index is 12.5. The van der Waals surface area contributed by atoms with E-state index >= 15 is 0 Å². The number of hydrogen-bond donors (Lipinski definition) is 1. The Labute approximate surface area is 126 Å². The number of halogens is 1. The van der Waals surface area contributed by atoms with Crippen molar-refractivity contribution in [2.45, 2.75) is 6.42 Å². The standard InChI is InChI=1S/C16H13ClN2O2/c1-21-16-5-3-12(17)8-13(16)15(20)7-10-2-4-14-11(6-10)9-18-19-14/h2-6,8-9H,7H2,1H3,(H,18,19). The van der Waals surface area contributed by atoms with Crippen molar-refractivity contribution in [3.05, 3.63) is 58.7 Å². The van der Waals surface area contributed by atoms with Crippen molar-refractivity contribution in [2.24, 2.45) is 0 Å². The normalized spacial score (nSPS) is 10.8. The largest absolute Gasteiger partial charge is 0.496 e. The molecule has 0 aliphatic carbocycles. The zero-order valence-electron chi connectivity index (χ0n) is 11.4. The molecule has 3 aromatic rings. The first-order valence-corrected chi connectivity index (χ1v) is 6.84. The van der Waals surface area contributed by atoms with Gasteiger partial charge in [-0.15, -0.1) is 0 Å². The molecule has 0 bridgehead atoms. The molecule has 1 N–H and O–H groups in total. The van der Waals surface area contributed by atoms with Gasteiger partial charge in [-0.3, -0.25) is 9.89 Å². The van der Waals surface area contributed by atoms with Gasteiger partial charge in [0.2, 0.25) is 0 Å². The van der Waals surface area contributed by atoms with Gasteiger partial charge < -0.3 is 4.74 Å². The SMILES string of the molecule is COc1ccc(Cl)cc1C(=O)Cc1ccc2[nH]ncc2c1. The van der Waals surface area contributed by atoms with Gasteiger partial charge in [0.1, 0.15) is 5.75 Å². The maximum Gasteiger partial charge on any atom is 0.171 e. The van der Waals surface area contributed by atoms with E-state index in [9.17, 15) is 4.79 Å². The third kappa shape index (κ3) is 2.76. The summed E-state index contributed by atoms with van der Waals surface area (Å²) in [6, 6.07) is 10.8. The zero-order valence-corrected chi connectivity index (χ0v) is 12.1. The predicted molar refractivity (Wildman–Crippen MR) is 82.1 cm³/mol. The van der Waals surface area contributed by atoms with E-state index in [0.717, 1.165) is 16.5 Å². The van der Waals surface area contributed by atoms with E-state index in [1.54, 1.807) is 24.4 Å². The molecule has 1 aromatic heterocycles. The first-order chi connectivity index (χ1) is 10.2. The number of ketones is 1. The van der Waals surface area contributed by atoms with Crippen LogP contribution in [0, 0.1) is 0 Å². The fourth-order valence-electron chi connectivity index (χ4n) is 2.28. The van der Waals surface area contributed by atoms with Crippen LogP contribution in [-0.4, -0.2) is 23.1 Å². The van der Waals surface area contributed by atoms with Crippen molar-refractivity contribution in [3.63, 3.8) is 0 Å². The number of H-pyrrole nitrogens is 1. The Bertz CT molecular complexity index is 811. The second-order valence-corrected chi connectivity index (χ2v) is 5.17. The van der Waals surface area contributed by atoms with E-state index in [2.05, 4.69) is 10.2 Å². The summed E-state index contributed by atoms with van der Waals surface area (Å²) in [7, 11) is 1.54. The van der Waals surface area contributed by atoms with Crippen LogP contribution >= 0.6 is 11.6 Å². The number of carbonyl (C=O) groups is 1. The van der Waals surface area contributed by atoms with E-state index in [1.807, 2.05) is 18.2 Å². The second kappa shape index (κ2) is 5.58. The van der Waals surface area contributed by atoms with Crippen LogP contribution in [0.3, 0.4) is 0 Å². The van der Waals surface area contributed by atoms with Crippen LogP contribution < -0.4 is 4.74 Å². The van der Waals surface area contributed by atoms with Crippen molar-refractivity contribution >= 4 is 28.3 Å². The molecule has 5 heteroatoms. The maximum atomic E-state index is 12.5. The van der Waals surface area contributed by atoms with Gasteiger partial charge in [0.15, 0.2) is 5.78 Å². The molecule has 0 saturated carbocycles. The number of methoxy groups -OCH3 is 1. The van der Waals surface area contributed by atoms with E-state index in [0.29, 0.717) is 16.3 Å². The summed E-state index contributed by atoms with van der Waals surface area (Å²) in [5.74, 6) is 0.506. The van der Waals surface area contributed by atoms with Crippen LogP contribution in [0.1, 0.15) is 15.9 Å². The molecule has 0 spiro atoms. The Hall–Kier alpha value is -2.33. The average Bonchev–Trinajstić information content (AvgIpc) is 2.94. The molecule has 2 aromatic carbocycles. The number of nitrogens with one attached hydrogen (secondary N) is 1. The molecule has 106 valence electrons. The Morgan fingerprint density at radius 2 is 2.14 bits per heavy atom.